The predicted octanol–water partition coefficient (Wildman–Crippen LogP) is 2.34. The number of aliphatic imine (C=N–C) groups is 1. The van der Waals surface area contributed by atoms with Crippen LogP contribution in [0.3, 0.4) is 0 Å². The Bertz CT molecular complexity index is 858. The zero-order chi connectivity index (χ0) is 21.3. The second-order valence-corrected chi connectivity index (χ2v) is 7.10. The predicted molar refractivity (Wildman–Crippen MR) is 121 cm³/mol. The van der Waals surface area contributed by atoms with E-state index in [1.165, 1.54) is 0 Å². The van der Waals surface area contributed by atoms with Crippen LogP contribution in [0.15, 0.2) is 53.5 Å². The summed E-state index contributed by atoms with van der Waals surface area (Å²) < 4.78 is 5.50. The highest BCUT2D eigenvalue weighted by Gasteiger charge is 2.21. The number of benzene rings is 2. The normalized spacial score (nSPS) is 14.4. The third-order valence-electron chi connectivity index (χ3n) is 5.22. The van der Waals surface area contributed by atoms with Crippen LogP contribution in [0.25, 0.3) is 0 Å². The number of carbonyl (C=O) groups excluding carboxylic acids is 1. The number of para-hydroxylation sites is 2. The molecule has 2 aromatic rings. The smallest absolute Gasteiger partial charge is 0.251 e. The molecule has 7 nitrogen and oxygen atoms in total. The monoisotopic (exact) mass is 409 g/mol. The Hall–Kier alpha value is -3.22. The first kappa shape index (κ1) is 21.5. The fourth-order valence-electron chi connectivity index (χ4n) is 3.60. The molecule has 1 saturated heterocycles. The lowest BCUT2D eigenvalue weighted by Crippen LogP contribution is -2.52. The van der Waals surface area contributed by atoms with Gasteiger partial charge >= 0.3 is 0 Å². The van der Waals surface area contributed by atoms with Crippen LogP contribution in [0.2, 0.25) is 0 Å². The Balaban J connectivity index is 1.53. The van der Waals surface area contributed by atoms with E-state index in [0.717, 1.165) is 49.1 Å². The maximum atomic E-state index is 11.9. The minimum Gasteiger partial charge on any atom is -0.495 e. The average Bonchev–Trinajstić information content (AvgIpc) is 2.80. The number of hydrogen-bond acceptors (Lipinski definition) is 4. The van der Waals surface area contributed by atoms with E-state index < -0.39 is 0 Å². The number of rotatable bonds is 6. The van der Waals surface area contributed by atoms with Crippen LogP contribution >= 0.6 is 0 Å². The lowest BCUT2D eigenvalue weighted by Gasteiger charge is -2.38. The summed E-state index contributed by atoms with van der Waals surface area (Å²) >= 11 is 0. The quantitative estimate of drug-likeness (QED) is 0.566. The van der Waals surface area contributed by atoms with Crippen molar-refractivity contribution in [2.24, 2.45) is 4.99 Å². The van der Waals surface area contributed by atoms with E-state index in [1.54, 1.807) is 7.11 Å². The van der Waals surface area contributed by atoms with E-state index >= 15 is 0 Å². The van der Waals surface area contributed by atoms with Crippen LogP contribution in [0.1, 0.15) is 22.8 Å². The van der Waals surface area contributed by atoms with Gasteiger partial charge in [-0.25, -0.2) is 0 Å². The summed E-state index contributed by atoms with van der Waals surface area (Å²) in [6.07, 6.45) is 0. The van der Waals surface area contributed by atoms with E-state index in [9.17, 15) is 4.79 Å². The van der Waals surface area contributed by atoms with Gasteiger partial charge in [-0.15, -0.1) is 0 Å². The molecule has 0 aliphatic carbocycles. The van der Waals surface area contributed by atoms with E-state index in [0.29, 0.717) is 18.7 Å². The number of hydrogen-bond donors (Lipinski definition) is 2. The molecule has 1 aliphatic rings. The second-order valence-electron chi connectivity index (χ2n) is 7.10. The van der Waals surface area contributed by atoms with Crippen molar-refractivity contribution in [2.75, 3.05) is 51.8 Å². The van der Waals surface area contributed by atoms with Crippen LogP contribution in [0, 0.1) is 0 Å². The fraction of sp³-hybridized carbons (Fsp3) is 0.391. The van der Waals surface area contributed by atoms with Crippen molar-refractivity contribution < 1.29 is 9.53 Å². The first-order valence-corrected chi connectivity index (χ1v) is 10.4. The number of carbonyl (C=O) groups is 1. The fourth-order valence-corrected chi connectivity index (χ4v) is 3.60. The van der Waals surface area contributed by atoms with Gasteiger partial charge in [0.05, 0.1) is 12.8 Å². The largest absolute Gasteiger partial charge is 0.495 e. The summed E-state index contributed by atoms with van der Waals surface area (Å²) in [5, 5.41) is 6.25. The number of guanidine groups is 1. The van der Waals surface area contributed by atoms with E-state index in [4.69, 9.17) is 4.74 Å². The topological polar surface area (TPSA) is 69.2 Å². The third-order valence-corrected chi connectivity index (χ3v) is 5.22. The Morgan fingerprint density at radius 2 is 1.73 bits per heavy atom. The highest BCUT2D eigenvalue weighted by atomic mass is 16.5. The Labute approximate surface area is 178 Å². The van der Waals surface area contributed by atoms with Crippen LogP contribution in [-0.2, 0) is 6.54 Å². The molecular weight excluding hydrogens is 378 g/mol. The molecule has 0 aromatic heterocycles. The van der Waals surface area contributed by atoms with Gasteiger partial charge in [-0.2, -0.15) is 0 Å². The average molecular weight is 410 g/mol. The number of ether oxygens (including phenoxy) is 1. The first-order chi connectivity index (χ1) is 14.7. The van der Waals surface area contributed by atoms with E-state index in [2.05, 4.69) is 31.5 Å². The first-order valence-electron chi connectivity index (χ1n) is 10.4. The molecule has 0 unspecified atom stereocenters. The van der Waals surface area contributed by atoms with Gasteiger partial charge in [0.2, 0.25) is 0 Å². The summed E-state index contributed by atoms with van der Waals surface area (Å²) in [5.74, 6) is 1.76. The summed E-state index contributed by atoms with van der Waals surface area (Å²) in [7, 11) is 3.52. The number of methoxy groups -OCH3 is 1. The Morgan fingerprint density at radius 3 is 2.37 bits per heavy atom. The minimum atomic E-state index is -0.0410. The van der Waals surface area contributed by atoms with Crippen molar-refractivity contribution in [2.45, 2.75) is 13.5 Å². The number of nitrogens with one attached hydrogen (secondary N) is 2. The molecule has 2 N–H and O–H groups in total. The van der Waals surface area contributed by atoms with Crippen LogP contribution in [-0.4, -0.2) is 63.6 Å². The summed E-state index contributed by atoms with van der Waals surface area (Å²) in [6.45, 7) is 6.78. The molecule has 1 fully saturated rings. The molecule has 3 rings (SSSR count). The van der Waals surface area contributed by atoms with Gasteiger partial charge in [0, 0.05) is 51.9 Å². The zero-order valence-electron chi connectivity index (χ0n) is 18.0. The lowest BCUT2D eigenvalue weighted by atomic mass is 10.1. The molecule has 0 atom stereocenters. The summed E-state index contributed by atoms with van der Waals surface area (Å²) in [4.78, 5) is 21.0. The number of nitrogens with zero attached hydrogens (tertiary/aromatic N) is 3. The molecule has 0 radical (unpaired) electrons. The van der Waals surface area contributed by atoms with E-state index in [-0.39, 0.29) is 5.91 Å². The van der Waals surface area contributed by atoms with Crippen LogP contribution < -0.4 is 20.3 Å². The molecule has 7 heteroatoms. The van der Waals surface area contributed by atoms with Crippen molar-refractivity contribution in [3.05, 3.63) is 59.7 Å². The summed E-state index contributed by atoms with van der Waals surface area (Å²) in [6, 6.07) is 15.8. The van der Waals surface area contributed by atoms with Crippen molar-refractivity contribution >= 4 is 17.6 Å². The zero-order valence-corrected chi connectivity index (χ0v) is 18.0. The molecule has 1 heterocycles. The molecule has 2 aromatic carbocycles. The molecule has 160 valence electrons. The molecule has 0 bridgehead atoms. The standard InChI is InChI=1S/C23H31N5O2/c1-4-25-22(29)19-11-9-18(10-12-19)17-26-23(24-2)28-15-13-27(14-16-28)20-7-5-6-8-21(20)30-3/h5-12H,4,13-17H2,1-3H3,(H,24,26)(H,25,29). The molecule has 0 spiro atoms. The molecule has 1 aliphatic heterocycles. The Kier molecular flexibility index (Phi) is 7.54. The molecule has 1 amide bonds. The second kappa shape index (κ2) is 10.5. The maximum Gasteiger partial charge on any atom is 0.251 e. The van der Waals surface area contributed by atoms with Crippen molar-refractivity contribution in [1.29, 1.82) is 0 Å². The molecule has 0 saturated carbocycles. The third kappa shape index (κ3) is 5.23. The van der Waals surface area contributed by atoms with Gasteiger partial charge in [-0.1, -0.05) is 24.3 Å². The Morgan fingerprint density at radius 1 is 1.03 bits per heavy atom. The number of anilines is 1. The van der Waals surface area contributed by atoms with Gasteiger partial charge in [0.15, 0.2) is 5.96 Å². The van der Waals surface area contributed by atoms with Gasteiger partial charge in [0.1, 0.15) is 5.75 Å². The highest BCUT2D eigenvalue weighted by molar-refractivity contribution is 5.94. The van der Waals surface area contributed by atoms with Gasteiger partial charge in [-0.3, -0.25) is 9.79 Å². The molecule has 30 heavy (non-hydrogen) atoms. The van der Waals surface area contributed by atoms with Crippen LogP contribution in [0.5, 0.6) is 5.75 Å². The van der Waals surface area contributed by atoms with Crippen molar-refractivity contribution in [1.82, 2.24) is 15.5 Å². The highest BCUT2D eigenvalue weighted by Crippen LogP contribution is 2.28. The number of piperazine rings is 1. The maximum absolute atomic E-state index is 11.9. The van der Waals surface area contributed by atoms with E-state index in [1.807, 2.05) is 56.4 Å². The van der Waals surface area contributed by atoms with Gasteiger partial charge < -0.3 is 25.2 Å². The van der Waals surface area contributed by atoms with Gasteiger partial charge in [-0.05, 0) is 36.8 Å². The van der Waals surface area contributed by atoms with Crippen LogP contribution in [0.4, 0.5) is 5.69 Å². The lowest BCUT2D eigenvalue weighted by molar-refractivity contribution is 0.0956. The van der Waals surface area contributed by atoms with Crippen molar-refractivity contribution in [3.63, 3.8) is 0 Å². The molecular formula is C23H31N5O2. The minimum absolute atomic E-state index is 0.0410. The summed E-state index contributed by atoms with van der Waals surface area (Å²) in [5.41, 5.74) is 2.92. The van der Waals surface area contributed by atoms with Crippen molar-refractivity contribution in [3.8, 4) is 5.75 Å². The van der Waals surface area contributed by atoms with Gasteiger partial charge in [0.25, 0.3) is 5.91 Å². The SMILES string of the molecule is CCNC(=O)c1ccc(CNC(=NC)N2CCN(c3ccccc3OC)CC2)cc1. The number of amides is 1.